The normalized spacial score (nSPS) is 21.9. The number of hydrogen-bond donors (Lipinski definition) is 1. The summed E-state index contributed by atoms with van der Waals surface area (Å²) in [5, 5.41) is 3.92. The number of urea groups is 1. The van der Waals surface area contributed by atoms with Crippen LogP contribution in [0.5, 0.6) is 0 Å². The highest BCUT2D eigenvalue weighted by molar-refractivity contribution is 6.30. The van der Waals surface area contributed by atoms with Gasteiger partial charge in [0.1, 0.15) is 0 Å². The van der Waals surface area contributed by atoms with E-state index < -0.39 is 0 Å². The second kappa shape index (κ2) is 7.54. The second-order valence-corrected chi connectivity index (χ2v) is 7.01. The summed E-state index contributed by atoms with van der Waals surface area (Å²) in [6, 6.07) is 8.23. The van der Waals surface area contributed by atoms with Gasteiger partial charge in [-0.25, -0.2) is 4.79 Å². The van der Waals surface area contributed by atoms with Crippen LogP contribution in [0.1, 0.15) is 44.2 Å². The first-order valence-corrected chi connectivity index (χ1v) is 8.95. The molecule has 0 radical (unpaired) electrons. The minimum atomic E-state index is 0.0286. The molecule has 2 atom stereocenters. The monoisotopic (exact) mass is 336 g/mol. The summed E-state index contributed by atoms with van der Waals surface area (Å²) < 4.78 is 5.45. The quantitative estimate of drug-likeness (QED) is 0.853. The molecule has 0 bridgehead atoms. The number of nitrogens with one attached hydrogen (secondary N) is 1. The average Bonchev–Trinajstić information content (AvgIpc) is 3.27. The van der Waals surface area contributed by atoms with E-state index >= 15 is 0 Å². The third-order valence-electron chi connectivity index (χ3n) is 4.71. The topological polar surface area (TPSA) is 41.6 Å². The van der Waals surface area contributed by atoms with Crippen LogP contribution < -0.4 is 5.32 Å². The van der Waals surface area contributed by atoms with Crippen LogP contribution in [0.2, 0.25) is 5.02 Å². The van der Waals surface area contributed by atoms with Crippen LogP contribution >= 0.6 is 11.6 Å². The molecule has 2 amide bonds. The third-order valence-corrected chi connectivity index (χ3v) is 4.96. The Hall–Kier alpha value is -1.26. The maximum atomic E-state index is 12.8. The molecule has 5 heteroatoms. The van der Waals surface area contributed by atoms with E-state index in [1.165, 1.54) is 0 Å². The zero-order valence-corrected chi connectivity index (χ0v) is 14.4. The Morgan fingerprint density at radius 1 is 1.35 bits per heavy atom. The van der Waals surface area contributed by atoms with Gasteiger partial charge in [0.05, 0.1) is 12.6 Å². The number of rotatable bonds is 6. The standard InChI is InChI=1S/C18H25ClN2O2/c1-2-17(14-3-5-15(19)6-4-14)20-18(22)21(16-7-8-16)11-13-9-10-23-12-13/h3-6,13,16-17H,2,7-12H2,1H3,(H,20,22). The first-order chi connectivity index (χ1) is 11.2. The SMILES string of the molecule is CCC(NC(=O)N(CC1CCOC1)C1CC1)c1ccc(Cl)cc1. The lowest BCUT2D eigenvalue weighted by Crippen LogP contribution is -2.45. The summed E-state index contributed by atoms with van der Waals surface area (Å²) in [6.45, 7) is 4.51. The molecule has 2 unspecified atom stereocenters. The summed E-state index contributed by atoms with van der Waals surface area (Å²) in [6.07, 6.45) is 4.17. The number of halogens is 1. The molecule has 1 aliphatic heterocycles. The van der Waals surface area contributed by atoms with Crippen LogP contribution in [0.25, 0.3) is 0 Å². The maximum Gasteiger partial charge on any atom is 0.318 e. The molecular weight excluding hydrogens is 312 g/mol. The molecule has 1 N–H and O–H groups in total. The van der Waals surface area contributed by atoms with Gasteiger partial charge in [-0.1, -0.05) is 30.7 Å². The van der Waals surface area contributed by atoms with Gasteiger partial charge in [-0.15, -0.1) is 0 Å². The van der Waals surface area contributed by atoms with Crippen molar-refractivity contribution in [3.05, 3.63) is 34.9 Å². The Labute approximate surface area is 143 Å². The molecule has 23 heavy (non-hydrogen) atoms. The van der Waals surface area contributed by atoms with Crippen molar-refractivity contribution in [2.24, 2.45) is 5.92 Å². The molecule has 1 aromatic rings. The van der Waals surface area contributed by atoms with Crippen LogP contribution in [0.3, 0.4) is 0 Å². The van der Waals surface area contributed by atoms with Gasteiger partial charge in [-0.3, -0.25) is 0 Å². The highest BCUT2D eigenvalue weighted by atomic mass is 35.5. The molecule has 2 aliphatic rings. The molecule has 1 heterocycles. The Balaban J connectivity index is 1.63. The molecule has 3 rings (SSSR count). The van der Waals surface area contributed by atoms with Crippen molar-refractivity contribution in [2.45, 2.75) is 44.7 Å². The van der Waals surface area contributed by atoms with Gasteiger partial charge in [0, 0.05) is 30.1 Å². The lowest BCUT2D eigenvalue weighted by atomic mass is 10.0. The van der Waals surface area contributed by atoms with Crippen molar-refractivity contribution in [1.82, 2.24) is 10.2 Å². The molecule has 1 saturated heterocycles. The minimum absolute atomic E-state index is 0.0286. The van der Waals surface area contributed by atoms with Gasteiger partial charge in [0.25, 0.3) is 0 Å². The van der Waals surface area contributed by atoms with E-state index in [1.807, 2.05) is 29.2 Å². The van der Waals surface area contributed by atoms with Gasteiger partial charge in [-0.2, -0.15) is 0 Å². The van der Waals surface area contributed by atoms with Gasteiger partial charge in [-0.05, 0) is 43.4 Å². The molecule has 126 valence electrons. The highest BCUT2D eigenvalue weighted by Crippen LogP contribution is 2.30. The van der Waals surface area contributed by atoms with Crippen molar-refractivity contribution in [1.29, 1.82) is 0 Å². The first kappa shape index (κ1) is 16.6. The summed E-state index contributed by atoms with van der Waals surface area (Å²) in [5.74, 6) is 0.483. The van der Waals surface area contributed by atoms with E-state index in [9.17, 15) is 4.79 Å². The third kappa shape index (κ3) is 4.39. The Morgan fingerprint density at radius 3 is 2.65 bits per heavy atom. The largest absolute Gasteiger partial charge is 0.381 e. The van der Waals surface area contributed by atoms with Gasteiger partial charge in [0.2, 0.25) is 0 Å². The lowest BCUT2D eigenvalue weighted by Gasteiger charge is -2.28. The van der Waals surface area contributed by atoms with Crippen LogP contribution in [-0.4, -0.2) is 36.7 Å². The smallest absolute Gasteiger partial charge is 0.318 e. The number of nitrogens with zero attached hydrogens (tertiary/aromatic N) is 1. The van der Waals surface area contributed by atoms with E-state index in [-0.39, 0.29) is 12.1 Å². The molecule has 2 fully saturated rings. The molecule has 1 aliphatic carbocycles. The second-order valence-electron chi connectivity index (χ2n) is 6.58. The summed E-state index contributed by atoms with van der Waals surface area (Å²) in [5.41, 5.74) is 1.10. The fraction of sp³-hybridized carbons (Fsp3) is 0.611. The van der Waals surface area contributed by atoms with Crippen molar-refractivity contribution < 1.29 is 9.53 Å². The Bertz CT molecular complexity index is 524. The van der Waals surface area contributed by atoms with E-state index in [1.54, 1.807) is 0 Å². The molecule has 4 nitrogen and oxygen atoms in total. The predicted molar refractivity (Wildman–Crippen MR) is 91.7 cm³/mol. The molecule has 1 saturated carbocycles. The zero-order chi connectivity index (χ0) is 16.2. The van der Waals surface area contributed by atoms with Crippen molar-refractivity contribution in [3.63, 3.8) is 0 Å². The number of amides is 2. The van der Waals surface area contributed by atoms with Crippen molar-refractivity contribution >= 4 is 17.6 Å². The predicted octanol–water partition coefficient (Wildman–Crippen LogP) is 4.00. The Kier molecular flexibility index (Phi) is 5.44. The minimum Gasteiger partial charge on any atom is -0.381 e. The van der Waals surface area contributed by atoms with Gasteiger partial charge < -0.3 is 15.0 Å². The summed E-state index contributed by atoms with van der Waals surface area (Å²) in [4.78, 5) is 14.8. The fourth-order valence-corrected chi connectivity index (χ4v) is 3.26. The number of carbonyl (C=O) groups is 1. The van der Waals surface area contributed by atoms with E-state index in [4.69, 9.17) is 16.3 Å². The Morgan fingerprint density at radius 2 is 2.09 bits per heavy atom. The van der Waals surface area contributed by atoms with E-state index in [0.29, 0.717) is 12.0 Å². The van der Waals surface area contributed by atoms with Gasteiger partial charge in [0.15, 0.2) is 0 Å². The van der Waals surface area contributed by atoms with Crippen molar-refractivity contribution in [2.75, 3.05) is 19.8 Å². The fourth-order valence-electron chi connectivity index (χ4n) is 3.14. The number of carbonyl (C=O) groups excluding carboxylic acids is 1. The van der Waals surface area contributed by atoms with E-state index in [2.05, 4.69) is 12.2 Å². The van der Waals surface area contributed by atoms with E-state index in [0.717, 1.165) is 56.0 Å². The number of hydrogen-bond acceptors (Lipinski definition) is 2. The number of benzene rings is 1. The molecule has 0 spiro atoms. The highest BCUT2D eigenvalue weighted by Gasteiger charge is 2.35. The van der Waals surface area contributed by atoms with Crippen LogP contribution in [0.15, 0.2) is 24.3 Å². The molecular formula is C18H25ClN2O2. The lowest BCUT2D eigenvalue weighted by molar-refractivity contribution is 0.160. The summed E-state index contributed by atoms with van der Waals surface area (Å²) in [7, 11) is 0. The maximum absolute atomic E-state index is 12.8. The summed E-state index contributed by atoms with van der Waals surface area (Å²) >= 11 is 5.95. The van der Waals surface area contributed by atoms with Gasteiger partial charge >= 0.3 is 6.03 Å². The van der Waals surface area contributed by atoms with Crippen LogP contribution in [0, 0.1) is 5.92 Å². The first-order valence-electron chi connectivity index (χ1n) is 8.57. The molecule has 0 aromatic heterocycles. The molecule has 1 aromatic carbocycles. The van der Waals surface area contributed by atoms with Crippen LogP contribution in [0.4, 0.5) is 4.79 Å². The zero-order valence-electron chi connectivity index (χ0n) is 13.6. The van der Waals surface area contributed by atoms with Crippen LogP contribution in [-0.2, 0) is 4.74 Å². The average molecular weight is 337 g/mol. The van der Waals surface area contributed by atoms with Crippen molar-refractivity contribution in [3.8, 4) is 0 Å². The number of ether oxygens (including phenoxy) is 1.